The van der Waals surface area contributed by atoms with Crippen LogP contribution >= 0.6 is 0 Å². The van der Waals surface area contributed by atoms with Crippen LogP contribution in [0.4, 0.5) is 4.39 Å². The van der Waals surface area contributed by atoms with Crippen molar-refractivity contribution in [2.45, 2.75) is 26.4 Å². The lowest BCUT2D eigenvalue weighted by atomic mass is 10.1. The van der Waals surface area contributed by atoms with Crippen molar-refractivity contribution in [2.75, 3.05) is 19.8 Å². The lowest BCUT2D eigenvalue weighted by Gasteiger charge is -2.12. The van der Waals surface area contributed by atoms with E-state index in [-0.39, 0.29) is 11.9 Å². The van der Waals surface area contributed by atoms with E-state index in [1.807, 2.05) is 13.8 Å². The highest BCUT2D eigenvalue weighted by Crippen LogP contribution is 2.20. The molecule has 0 radical (unpaired) electrons. The van der Waals surface area contributed by atoms with Gasteiger partial charge in [0.2, 0.25) is 0 Å². The monoisotopic (exact) mass is 241 g/mol. The Balaban J connectivity index is 2.51. The van der Waals surface area contributed by atoms with Gasteiger partial charge in [0.05, 0.1) is 12.7 Å². The molecule has 17 heavy (non-hydrogen) atoms. The molecule has 0 saturated carbocycles. The van der Waals surface area contributed by atoms with Gasteiger partial charge in [-0.2, -0.15) is 0 Å². The first-order valence-corrected chi connectivity index (χ1v) is 5.86. The lowest BCUT2D eigenvalue weighted by molar-refractivity contribution is 0.0550. The van der Waals surface area contributed by atoms with Gasteiger partial charge in [-0.15, -0.1) is 0 Å². The number of benzene rings is 1. The molecule has 1 aromatic rings. The Morgan fingerprint density at radius 2 is 2.06 bits per heavy atom. The summed E-state index contributed by atoms with van der Waals surface area (Å²) >= 11 is 0. The Labute approximate surface area is 102 Å². The summed E-state index contributed by atoms with van der Waals surface area (Å²) < 4.78 is 24.0. The predicted molar refractivity (Wildman–Crippen MR) is 65.7 cm³/mol. The zero-order chi connectivity index (χ0) is 12.7. The largest absolute Gasteiger partial charge is 0.491 e. The molecular formula is C13H20FNO2. The Morgan fingerprint density at radius 1 is 1.29 bits per heavy atom. The number of nitrogens with two attached hydrogens (primary N) is 1. The third-order valence-corrected chi connectivity index (χ3v) is 2.23. The van der Waals surface area contributed by atoms with Crippen molar-refractivity contribution in [1.29, 1.82) is 0 Å². The van der Waals surface area contributed by atoms with Crippen LogP contribution in [0, 0.1) is 5.82 Å². The highest BCUT2D eigenvalue weighted by molar-refractivity contribution is 5.34. The molecule has 0 heterocycles. The fraction of sp³-hybridized carbons (Fsp3) is 0.538. The molecule has 0 spiro atoms. The van der Waals surface area contributed by atoms with E-state index in [0.29, 0.717) is 31.9 Å². The molecule has 3 nitrogen and oxygen atoms in total. The molecular weight excluding hydrogens is 221 g/mol. The Bertz CT molecular complexity index is 342. The van der Waals surface area contributed by atoms with Crippen molar-refractivity contribution in [3.63, 3.8) is 0 Å². The van der Waals surface area contributed by atoms with Gasteiger partial charge in [0.25, 0.3) is 0 Å². The SMILES string of the molecule is CC(C)OCCOc1ccc(F)cc1CCN. The van der Waals surface area contributed by atoms with Crippen molar-refractivity contribution in [1.82, 2.24) is 0 Å². The average Bonchev–Trinajstić information content (AvgIpc) is 2.27. The summed E-state index contributed by atoms with van der Waals surface area (Å²) in [7, 11) is 0. The molecule has 0 fully saturated rings. The summed E-state index contributed by atoms with van der Waals surface area (Å²) in [4.78, 5) is 0. The number of rotatable bonds is 7. The highest BCUT2D eigenvalue weighted by atomic mass is 19.1. The van der Waals surface area contributed by atoms with Crippen LogP contribution in [0.5, 0.6) is 5.75 Å². The van der Waals surface area contributed by atoms with E-state index in [1.165, 1.54) is 12.1 Å². The highest BCUT2D eigenvalue weighted by Gasteiger charge is 2.05. The smallest absolute Gasteiger partial charge is 0.123 e. The van der Waals surface area contributed by atoms with Crippen molar-refractivity contribution in [3.05, 3.63) is 29.6 Å². The maximum atomic E-state index is 13.0. The molecule has 0 bridgehead atoms. The fourth-order valence-corrected chi connectivity index (χ4v) is 1.48. The Kier molecular flexibility index (Phi) is 5.94. The van der Waals surface area contributed by atoms with Crippen LogP contribution in [-0.2, 0) is 11.2 Å². The van der Waals surface area contributed by atoms with E-state index in [9.17, 15) is 4.39 Å². The molecule has 1 aromatic carbocycles. The van der Waals surface area contributed by atoms with Crippen molar-refractivity contribution < 1.29 is 13.9 Å². The van der Waals surface area contributed by atoms with Gasteiger partial charge in [-0.3, -0.25) is 0 Å². The number of hydrogen-bond acceptors (Lipinski definition) is 3. The minimum absolute atomic E-state index is 0.190. The van der Waals surface area contributed by atoms with E-state index in [1.54, 1.807) is 6.07 Å². The topological polar surface area (TPSA) is 44.5 Å². The van der Waals surface area contributed by atoms with Crippen molar-refractivity contribution in [2.24, 2.45) is 5.73 Å². The number of ether oxygens (including phenoxy) is 2. The van der Waals surface area contributed by atoms with E-state index in [2.05, 4.69) is 0 Å². The molecule has 4 heteroatoms. The summed E-state index contributed by atoms with van der Waals surface area (Å²) in [6.07, 6.45) is 0.799. The number of hydrogen-bond donors (Lipinski definition) is 1. The van der Waals surface area contributed by atoms with Crippen LogP contribution in [-0.4, -0.2) is 25.9 Å². The standard InChI is InChI=1S/C13H20FNO2/c1-10(2)16-7-8-17-13-4-3-12(14)9-11(13)5-6-15/h3-4,9-10H,5-8,15H2,1-2H3. The molecule has 0 saturated heterocycles. The zero-order valence-electron chi connectivity index (χ0n) is 10.4. The Morgan fingerprint density at radius 3 is 2.71 bits per heavy atom. The van der Waals surface area contributed by atoms with Gasteiger partial charge < -0.3 is 15.2 Å². The lowest BCUT2D eigenvalue weighted by Crippen LogP contribution is -2.12. The van der Waals surface area contributed by atoms with Gasteiger partial charge in [0.15, 0.2) is 0 Å². The van der Waals surface area contributed by atoms with Crippen LogP contribution < -0.4 is 10.5 Å². The third kappa shape index (κ3) is 5.15. The third-order valence-electron chi connectivity index (χ3n) is 2.23. The van der Waals surface area contributed by atoms with E-state index < -0.39 is 0 Å². The summed E-state index contributed by atoms with van der Waals surface area (Å²) in [5, 5.41) is 0. The quantitative estimate of drug-likeness (QED) is 0.744. The molecule has 0 aromatic heterocycles. The summed E-state index contributed by atoms with van der Waals surface area (Å²) in [5.41, 5.74) is 6.27. The van der Waals surface area contributed by atoms with E-state index in [0.717, 1.165) is 5.56 Å². The number of halogens is 1. The minimum Gasteiger partial charge on any atom is -0.491 e. The Hall–Kier alpha value is -1.13. The van der Waals surface area contributed by atoms with Gasteiger partial charge in [0, 0.05) is 0 Å². The first-order valence-electron chi connectivity index (χ1n) is 5.86. The van der Waals surface area contributed by atoms with Crippen LogP contribution in [0.25, 0.3) is 0 Å². The second-order valence-electron chi connectivity index (χ2n) is 4.06. The maximum absolute atomic E-state index is 13.0. The average molecular weight is 241 g/mol. The molecule has 0 atom stereocenters. The second kappa shape index (κ2) is 7.25. The summed E-state index contributed by atoms with van der Waals surface area (Å²) in [6, 6.07) is 4.49. The van der Waals surface area contributed by atoms with Gasteiger partial charge in [-0.25, -0.2) is 4.39 Å². The molecule has 2 N–H and O–H groups in total. The first-order chi connectivity index (χ1) is 8.13. The van der Waals surface area contributed by atoms with Gasteiger partial charge in [0.1, 0.15) is 18.2 Å². The minimum atomic E-state index is -0.265. The fourth-order valence-electron chi connectivity index (χ4n) is 1.48. The molecule has 1 rings (SSSR count). The molecule has 0 aliphatic rings. The van der Waals surface area contributed by atoms with Gasteiger partial charge in [-0.1, -0.05) is 0 Å². The molecule has 0 aliphatic heterocycles. The van der Waals surface area contributed by atoms with Crippen LogP contribution in [0.3, 0.4) is 0 Å². The van der Waals surface area contributed by atoms with E-state index in [4.69, 9.17) is 15.2 Å². The van der Waals surface area contributed by atoms with Crippen molar-refractivity contribution in [3.8, 4) is 5.75 Å². The van der Waals surface area contributed by atoms with Crippen molar-refractivity contribution >= 4 is 0 Å². The molecule has 96 valence electrons. The van der Waals surface area contributed by atoms with Gasteiger partial charge in [-0.05, 0) is 50.6 Å². The van der Waals surface area contributed by atoms with E-state index >= 15 is 0 Å². The zero-order valence-corrected chi connectivity index (χ0v) is 10.4. The normalized spacial score (nSPS) is 10.9. The molecule has 0 aliphatic carbocycles. The van der Waals surface area contributed by atoms with Crippen LogP contribution in [0.2, 0.25) is 0 Å². The second-order valence-corrected chi connectivity index (χ2v) is 4.06. The van der Waals surface area contributed by atoms with Gasteiger partial charge >= 0.3 is 0 Å². The first kappa shape index (κ1) is 13.9. The molecule has 0 amide bonds. The van der Waals surface area contributed by atoms with Crippen LogP contribution in [0.15, 0.2) is 18.2 Å². The molecule has 0 unspecified atom stereocenters. The summed E-state index contributed by atoms with van der Waals surface area (Å²) in [5.74, 6) is 0.420. The predicted octanol–water partition coefficient (Wildman–Crippen LogP) is 2.13. The van der Waals surface area contributed by atoms with Crippen LogP contribution in [0.1, 0.15) is 19.4 Å². The summed E-state index contributed by atoms with van der Waals surface area (Å²) in [6.45, 7) is 5.40. The maximum Gasteiger partial charge on any atom is 0.123 e.